The van der Waals surface area contributed by atoms with E-state index in [1.54, 1.807) is 48.5 Å². The van der Waals surface area contributed by atoms with E-state index in [2.05, 4.69) is 0 Å². The van der Waals surface area contributed by atoms with Crippen molar-refractivity contribution in [3.8, 4) is 11.5 Å². The molecular formula is C26H30Na2O9. The van der Waals surface area contributed by atoms with Crippen LogP contribution in [0.15, 0.2) is 48.5 Å². The molecule has 0 aromatic heterocycles. The van der Waals surface area contributed by atoms with Crippen molar-refractivity contribution in [1.82, 2.24) is 0 Å². The number of Topliss-reactive ketones (excluding diaryl/α,β-unsaturated/α-hetero) is 1. The Kier molecular flexibility index (Phi) is 18.0. The fraction of sp³-hybridized carbons (Fsp3) is 0.423. The molecule has 0 fully saturated rings. The van der Waals surface area contributed by atoms with Gasteiger partial charge in [0.1, 0.15) is 11.5 Å². The first-order chi connectivity index (χ1) is 16.9. The minimum absolute atomic E-state index is 0. The minimum atomic E-state index is -1.84. The molecule has 0 atom stereocenters. The van der Waals surface area contributed by atoms with Crippen LogP contribution in [0.5, 0.6) is 11.5 Å². The van der Waals surface area contributed by atoms with Gasteiger partial charge in [-0.1, -0.05) is 24.3 Å². The Hall–Kier alpha value is -1.43. The topological polar surface area (TPSA) is 134 Å². The number of benzene rings is 2. The first-order valence-corrected chi connectivity index (χ1v) is 11.3. The zero-order valence-corrected chi connectivity index (χ0v) is 25.9. The second kappa shape index (κ2) is 18.8. The molecule has 0 aliphatic carbocycles. The number of ether oxygens (including phenoxy) is 4. The number of carboxylic acids is 2. The summed E-state index contributed by atoms with van der Waals surface area (Å²) >= 11 is 0. The molecule has 0 aliphatic rings. The molecule has 0 saturated heterocycles. The summed E-state index contributed by atoms with van der Waals surface area (Å²) in [5.41, 5.74) is 0.568. The number of carbonyl (C=O) groups excluding carboxylic acids is 3. The van der Waals surface area contributed by atoms with Gasteiger partial charge >= 0.3 is 59.1 Å². The third-order valence-corrected chi connectivity index (χ3v) is 5.31. The van der Waals surface area contributed by atoms with Crippen LogP contribution in [0, 0.1) is 0 Å². The van der Waals surface area contributed by atoms with Gasteiger partial charge in [-0.05, 0) is 62.8 Å². The molecule has 2 rings (SSSR count). The molecule has 0 aliphatic heterocycles. The molecule has 37 heavy (non-hydrogen) atoms. The Morgan fingerprint density at radius 1 is 0.703 bits per heavy atom. The van der Waals surface area contributed by atoms with Gasteiger partial charge in [-0.25, -0.2) is 0 Å². The zero-order chi connectivity index (χ0) is 25.7. The molecule has 0 saturated carbocycles. The summed E-state index contributed by atoms with van der Waals surface area (Å²) in [5.74, 6) is -3.92. The molecule has 2 aromatic carbocycles. The Bertz CT molecular complexity index is 994. The quantitative estimate of drug-likeness (QED) is 0.0857. The van der Waals surface area contributed by atoms with E-state index in [1.807, 2.05) is 0 Å². The van der Waals surface area contributed by atoms with E-state index in [0.717, 1.165) is 0 Å². The van der Waals surface area contributed by atoms with Crippen LogP contribution in [0.1, 0.15) is 54.4 Å². The maximum Gasteiger partial charge on any atom is 1.00 e. The molecule has 0 unspecified atom stereocenters. The van der Waals surface area contributed by atoms with Gasteiger partial charge in [0.25, 0.3) is 5.79 Å². The SMILES string of the molecule is COC(OC)(C(=O)c1ccccc1OCCCCC(=O)[O-])c1ccccc1OCCCCC(=O)[O-].[Na+].[Na+]. The van der Waals surface area contributed by atoms with E-state index < -0.39 is 23.5 Å². The second-order valence-corrected chi connectivity index (χ2v) is 7.70. The molecule has 0 spiro atoms. The number of methoxy groups -OCH3 is 2. The molecule has 190 valence electrons. The summed E-state index contributed by atoms with van der Waals surface area (Å²) in [7, 11) is 2.70. The smallest absolute Gasteiger partial charge is 0.550 e. The van der Waals surface area contributed by atoms with E-state index in [0.29, 0.717) is 42.7 Å². The van der Waals surface area contributed by atoms with Crippen molar-refractivity contribution in [3.05, 3.63) is 59.7 Å². The summed E-state index contributed by atoms with van der Waals surface area (Å²) < 4.78 is 22.9. The number of para-hydroxylation sites is 2. The van der Waals surface area contributed by atoms with E-state index in [9.17, 15) is 24.6 Å². The van der Waals surface area contributed by atoms with Gasteiger partial charge < -0.3 is 38.7 Å². The van der Waals surface area contributed by atoms with Gasteiger partial charge in [0, 0.05) is 26.2 Å². The number of carboxylic acid groups (broad SMARTS) is 2. The number of hydrogen-bond acceptors (Lipinski definition) is 9. The fourth-order valence-corrected chi connectivity index (χ4v) is 3.54. The van der Waals surface area contributed by atoms with E-state index in [1.165, 1.54) is 14.2 Å². The summed E-state index contributed by atoms with van der Waals surface area (Å²) in [6.07, 6.45) is 1.63. The average Bonchev–Trinajstić information content (AvgIpc) is 2.85. The number of aliphatic carboxylic acids is 2. The van der Waals surface area contributed by atoms with Crippen LogP contribution in [0.3, 0.4) is 0 Å². The summed E-state index contributed by atoms with van der Waals surface area (Å²) in [6.45, 7) is 0.448. The van der Waals surface area contributed by atoms with Crippen LogP contribution in [-0.4, -0.2) is 45.2 Å². The van der Waals surface area contributed by atoms with Gasteiger partial charge in [-0.2, -0.15) is 0 Å². The first kappa shape index (κ1) is 35.6. The maximum absolute atomic E-state index is 13.8. The monoisotopic (exact) mass is 532 g/mol. The van der Waals surface area contributed by atoms with E-state index >= 15 is 0 Å². The Balaban J connectivity index is 0.00000648. The molecule has 11 heteroatoms. The van der Waals surface area contributed by atoms with Crippen LogP contribution < -0.4 is 78.8 Å². The average molecular weight is 532 g/mol. The number of hydrogen-bond donors (Lipinski definition) is 0. The number of carbonyl (C=O) groups is 3. The van der Waals surface area contributed by atoms with Gasteiger partial charge in [0.15, 0.2) is 0 Å². The predicted octanol–water partition coefficient (Wildman–Crippen LogP) is -4.38. The summed E-state index contributed by atoms with van der Waals surface area (Å²) in [5, 5.41) is 21.2. The Morgan fingerprint density at radius 3 is 1.68 bits per heavy atom. The van der Waals surface area contributed by atoms with Crippen molar-refractivity contribution in [2.24, 2.45) is 0 Å². The number of rotatable bonds is 17. The fourth-order valence-electron chi connectivity index (χ4n) is 3.54. The molecular weight excluding hydrogens is 502 g/mol. The molecule has 0 bridgehead atoms. The predicted molar refractivity (Wildman–Crippen MR) is 122 cm³/mol. The third kappa shape index (κ3) is 10.7. The summed E-state index contributed by atoms with van der Waals surface area (Å²) in [6, 6.07) is 13.4. The van der Waals surface area contributed by atoms with Crippen LogP contribution >= 0.6 is 0 Å². The van der Waals surface area contributed by atoms with E-state index in [4.69, 9.17) is 18.9 Å². The van der Waals surface area contributed by atoms with Crippen molar-refractivity contribution in [3.63, 3.8) is 0 Å². The third-order valence-electron chi connectivity index (χ3n) is 5.31. The summed E-state index contributed by atoms with van der Waals surface area (Å²) in [4.78, 5) is 35.0. The number of unbranched alkanes of at least 4 members (excludes halogenated alkanes) is 2. The second-order valence-electron chi connectivity index (χ2n) is 7.70. The van der Waals surface area contributed by atoms with Crippen molar-refractivity contribution in [2.75, 3.05) is 27.4 Å². The molecule has 0 N–H and O–H groups in total. The van der Waals surface area contributed by atoms with Gasteiger partial charge in [0.2, 0.25) is 5.78 Å². The van der Waals surface area contributed by atoms with Crippen LogP contribution in [0.25, 0.3) is 0 Å². The van der Waals surface area contributed by atoms with Crippen LogP contribution in [0.2, 0.25) is 0 Å². The van der Waals surface area contributed by atoms with Gasteiger partial charge in [0.05, 0.1) is 24.3 Å². The van der Waals surface area contributed by atoms with E-state index in [-0.39, 0.29) is 90.7 Å². The van der Waals surface area contributed by atoms with Crippen molar-refractivity contribution >= 4 is 17.7 Å². The molecule has 0 radical (unpaired) electrons. The van der Waals surface area contributed by atoms with Crippen molar-refractivity contribution in [2.45, 2.75) is 44.3 Å². The molecule has 2 aromatic rings. The first-order valence-electron chi connectivity index (χ1n) is 11.3. The molecule has 0 amide bonds. The Labute approximate surface area is 261 Å². The normalized spacial score (nSPS) is 10.5. The van der Waals surface area contributed by atoms with Gasteiger partial charge in [-0.3, -0.25) is 4.79 Å². The van der Waals surface area contributed by atoms with Crippen LogP contribution in [-0.2, 0) is 24.8 Å². The van der Waals surface area contributed by atoms with Crippen LogP contribution in [0.4, 0.5) is 0 Å². The van der Waals surface area contributed by atoms with Crippen molar-refractivity contribution < 1.29 is 103 Å². The molecule has 9 nitrogen and oxygen atoms in total. The Morgan fingerprint density at radius 2 is 1.16 bits per heavy atom. The molecule has 0 heterocycles. The minimum Gasteiger partial charge on any atom is -0.550 e. The standard InChI is InChI=1S/C26H32O9.2Na/c1-32-26(33-2,20-12-4-6-14-22(20)35-18-10-8-16-24(29)30)25(31)19-11-3-5-13-21(19)34-17-9-7-15-23(27)28;;/h3-6,11-14H,7-10,15-18H2,1-2H3,(H,27,28)(H,29,30);;/q;2*+1/p-2. The zero-order valence-electron chi connectivity index (χ0n) is 21.9. The van der Waals surface area contributed by atoms with Gasteiger partial charge in [-0.15, -0.1) is 0 Å². The largest absolute Gasteiger partial charge is 1.00 e. The number of ketones is 1. The van der Waals surface area contributed by atoms with Crippen molar-refractivity contribution in [1.29, 1.82) is 0 Å². The maximum atomic E-state index is 13.8.